The van der Waals surface area contributed by atoms with E-state index in [1.165, 1.54) is 11.0 Å². The fraction of sp³-hybridized carbons (Fsp3) is 0.375. The summed E-state index contributed by atoms with van der Waals surface area (Å²) in [7, 11) is 0. The lowest BCUT2D eigenvalue weighted by Crippen LogP contribution is -2.44. The molecule has 0 saturated carbocycles. The lowest BCUT2D eigenvalue weighted by molar-refractivity contribution is -0.137. The average Bonchev–Trinajstić information content (AvgIpc) is 3.54. The summed E-state index contributed by atoms with van der Waals surface area (Å²) in [4.78, 5) is 87.7. The number of imidazole rings is 1. The summed E-state index contributed by atoms with van der Waals surface area (Å²) in [5, 5.41) is 8.02. The molecule has 0 radical (unpaired) electrons. The van der Waals surface area contributed by atoms with Gasteiger partial charge in [-0.25, -0.2) is 9.78 Å². The first kappa shape index (κ1) is 40.7. The van der Waals surface area contributed by atoms with Crippen LogP contribution in [0.4, 0.5) is 10.5 Å². The largest absolute Gasteiger partial charge is 0.444 e. The Morgan fingerprint density at radius 1 is 0.907 bits per heavy atom. The third-order valence-electron chi connectivity index (χ3n) is 8.28. The smallest absolute Gasteiger partial charge is 0.410 e. The molecule has 0 aliphatic carbocycles. The molecule has 3 aromatic carbocycles. The number of ether oxygens (including phenoxy) is 1. The van der Waals surface area contributed by atoms with Crippen molar-refractivity contribution in [2.45, 2.75) is 72.6 Å². The minimum atomic E-state index is -0.952. The van der Waals surface area contributed by atoms with Crippen molar-refractivity contribution >= 4 is 52.7 Å². The van der Waals surface area contributed by atoms with Gasteiger partial charge in [0.25, 0.3) is 5.91 Å². The molecule has 4 N–H and O–H groups in total. The number of aromatic nitrogens is 2. The van der Waals surface area contributed by atoms with Crippen LogP contribution >= 0.6 is 0 Å². The summed E-state index contributed by atoms with van der Waals surface area (Å²) in [6, 6.07) is 17.6. The highest BCUT2D eigenvalue weighted by Gasteiger charge is 2.27. The highest BCUT2D eigenvalue weighted by molar-refractivity contribution is 6.04. The van der Waals surface area contributed by atoms with E-state index in [1.807, 2.05) is 34.6 Å². The third-order valence-corrected chi connectivity index (χ3v) is 8.28. The topological polar surface area (TPSA) is 183 Å². The number of anilines is 1. The normalized spacial score (nSPS) is 11.7. The highest BCUT2D eigenvalue weighted by Crippen LogP contribution is 2.20. The number of rotatable bonds is 17. The number of aryl methyl sites for hydroxylation is 1. The number of amides is 5. The number of benzene rings is 3. The second-order valence-corrected chi connectivity index (χ2v) is 13.9. The van der Waals surface area contributed by atoms with Gasteiger partial charge in [-0.2, -0.15) is 0 Å². The molecule has 14 heteroatoms. The molecule has 0 fully saturated rings. The first-order valence-electron chi connectivity index (χ1n) is 17.9. The number of nitrogens with zero attached hydrogens (tertiary/aromatic N) is 3. The van der Waals surface area contributed by atoms with E-state index in [9.17, 15) is 28.8 Å². The molecule has 0 aliphatic heterocycles. The molecule has 54 heavy (non-hydrogen) atoms. The third kappa shape index (κ3) is 11.2. The van der Waals surface area contributed by atoms with Crippen LogP contribution in [0.1, 0.15) is 91.2 Å². The summed E-state index contributed by atoms with van der Waals surface area (Å²) in [6.07, 6.45) is 1.34. The Kier molecular flexibility index (Phi) is 14.0. The number of hydrogen-bond acceptors (Lipinski definition) is 8. The van der Waals surface area contributed by atoms with Gasteiger partial charge >= 0.3 is 6.09 Å². The van der Waals surface area contributed by atoms with Crippen molar-refractivity contribution in [3.8, 4) is 0 Å². The Morgan fingerprint density at radius 3 is 2.26 bits per heavy atom. The van der Waals surface area contributed by atoms with Gasteiger partial charge in [0.1, 0.15) is 17.5 Å². The molecule has 0 unspecified atom stereocenters. The van der Waals surface area contributed by atoms with Crippen LogP contribution in [0.5, 0.6) is 0 Å². The standard InChI is InChI=1S/C40H49N7O7/c1-7-18-46(38(52)36(42-25-48)27-12-10-9-11-13-27)24-35(50)45-31-20-28(15-14-26(31)3)33(49)22-41-37(51)29-16-17-30-32(21-29)44-34(43-30)23-47(19-8-2)39(53)54-40(4,5)6/h9-17,20-21,25,36H,7-8,18-19,22-24H2,1-6H3,(H,41,51)(H,42,48)(H,43,44)(H,45,50)/t36-/m1/s1. The van der Waals surface area contributed by atoms with Crippen LogP contribution < -0.4 is 16.0 Å². The van der Waals surface area contributed by atoms with Crippen LogP contribution in [-0.4, -0.2) is 87.6 Å². The average molecular weight is 740 g/mol. The number of carbonyl (C=O) groups excluding carboxylic acids is 6. The summed E-state index contributed by atoms with van der Waals surface area (Å²) < 4.78 is 5.54. The zero-order valence-corrected chi connectivity index (χ0v) is 31.7. The Labute approximate surface area is 315 Å². The van der Waals surface area contributed by atoms with Crippen molar-refractivity contribution in [2.24, 2.45) is 0 Å². The van der Waals surface area contributed by atoms with Crippen LogP contribution in [0.3, 0.4) is 0 Å². The van der Waals surface area contributed by atoms with E-state index in [1.54, 1.807) is 72.5 Å². The van der Waals surface area contributed by atoms with Gasteiger partial charge in [0.15, 0.2) is 5.78 Å². The number of H-pyrrole nitrogens is 1. The summed E-state index contributed by atoms with van der Waals surface area (Å²) >= 11 is 0. The molecule has 4 aromatic rings. The summed E-state index contributed by atoms with van der Waals surface area (Å²) in [5.41, 5.74) is 2.81. The second-order valence-electron chi connectivity index (χ2n) is 13.9. The van der Waals surface area contributed by atoms with Crippen molar-refractivity contribution in [3.63, 3.8) is 0 Å². The Morgan fingerprint density at radius 2 is 1.59 bits per heavy atom. The fourth-order valence-corrected chi connectivity index (χ4v) is 5.69. The van der Waals surface area contributed by atoms with Crippen LogP contribution in [0.2, 0.25) is 0 Å². The van der Waals surface area contributed by atoms with Crippen molar-refractivity contribution in [1.82, 2.24) is 30.4 Å². The minimum absolute atomic E-state index is 0.204. The Balaban J connectivity index is 1.38. The molecule has 4 rings (SSSR count). The monoisotopic (exact) mass is 739 g/mol. The maximum Gasteiger partial charge on any atom is 0.410 e. The minimum Gasteiger partial charge on any atom is -0.444 e. The predicted molar refractivity (Wildman–Crippen MR) is 205 cm³/mol. The number of hydrogen-bond donors (Lipinski definition) is 4. The maximum atomic E-state index is 13.5. The maximum absolute atomic E-state index is 13.5. The first-order chi connectivity index (χ1) is 25.7. The Bertz CT molecular complexity index is 1970. The van der Waals surface area contributed by atoms with Gasteiger partial charge in [-0.1, -0.05) is 56.3 Å². The molecule has 0 saturated heterocycles. The van der Waals surface area contributed by atoms with Gasteiger partial charge in [0, 0.05) is 29.9 Å². The lowest BCUT2D eigenvalue weighted by Gasteiger charge is -2.26. The van der Waals surface area contributed by atoms with Gasteiger partial charge in [0.2, 0.25) is 18.2 Å². The summed E-state index contributed by atoms with van der Waals surface area (Å²) in [5.74, 6) is -1.22. The first-order valence-corrected chi connectivity index (χ1v) is 17.9. The number of aromatic amines is 1. The van der Waals surface area contributed by atoms with Crippen LogP contribution in [0.15, 0.2) is 66.7 Å². The molecule has 286 valence electrons. The molecule has 1 heterocycles. The fourth-order valence-electron chi connectivity index (χ4n) is 5.69. The van der Waals surface area contributed by atoms with E-state index in [-0.39, 0.29) is 37.5 Å². The quantitative estimate of drug-likeness (QED) is 0.0832. The van der Waals surface area contributed by atoms with E-state index < -0.39 is 35.5 Å². The number of carbonyl (C=O) groups is 6. The number of ketones is 1. The molecule has 0 spiro atoms. The molecule has 14 nitrogen and oxygen atoms in total. The number of Topliss-reactive ketones (excluding diaryl/α,β-unsaturated/α-hetero) is 1. The van der Waals surface area contributed by atoms with Gasteiger partial charge in [-0.15, -0.1) is 0 Å². The van der Waals surface area contributed by atoms with E-state index in [2.05, 4.69) is 25.9 Å². The van der Waals surface area contributed by atoms with Crippen LogP contribution in [0.25, 0.3) is 11.0 Å². The van der Waals surface area contributed by atoms with Gasteiger partial charge in [-0.05, 0) is 75.9 Å². The Hall–Kier alpha value is -6.05. The number of nitrogens with one attached hydrogen (secondary N) is 4. The van der Waals surface area contributed by atoms with Crippen molar-refractivity contribution in [2.75, 3.05) is 31.5 Å². The zero-order chi connectivity index (χ0) is 39.4. The molecule has 5 amide bonds. The molecule has 1 atom stereocenters. The molecular weight excluding hydrogens is 690 g/mol. The summed E-state index contributed by atoms with van der Waals surface area (Å²) in [6.45, 7) is 11.4. The molecule has 0 aliphatic rings. The molecule has 0 bridgehead atoms. The van der Waals surface area contributed by atoms with Gasteiger partial charge in [-0.3, -0.25) is 24.0 Å². The van der Waals surface area contributed by atoms with E-state index >= 15 is 0 Å². The predicted octanol–water partition coefficient (Wildman–Crippen LogP) is 5.30. The second kappa shape index (κ2) is 18.6. The SMILES string of the molecule is CCCN(Cc1nc2cc(C(=O)NCC(=O)c3ccc(C)c(NC(=O)CN(CCC)C(=O)[C@H](NC=O)c4ccccc4)c3)ccc2[nH]1)C(=O)OC(C)(C)C. The zero-order valence-electron chi connectivity index (χ0n) is 31.7. The number of fused-ring (bicyclic) bond motifs is 1. The van der Waals surface area contributed by atoms with E-state index in [0.717, 1.165) is 6.42 Å². The van der Waals surface area contributed by atoms with Crippen LogP contribution in [-0.2, 0) is 25.7 Å². The van der Waals surface area contributed by atoms with Crippen LogP contribution in [0, 0.1) is 6.92 Å². The van der Waals surface area contributed by atoms with E-state index in [0.29, 0.717) is 58.6 Å². The lowest BCUT2D eigenvalue weighted by atomic mass is 10.1. The molecule has 1 aromatic heterocycles. The van der Waals surface area contributed by atoms with Crippen molar-refractivity contribution in [3.05, 3.63) is 94.8 Å². The van der Waals surface area contributed by atoms with Gasteiger partial charge in [0.05, 0.1) is 30.7 Å². The van der Waals surface area contributed by atoms with Crippen molar-refractivity contribution < 1.29 is 33.5 Å². The van der Waals surface area contributed by atoms with Gasteiger partial charge < -0.3 is 35.5 Å². The highest BCUT2D eigenvalue weighted by atomic mass is 16.6. The van der Waals surface area contributed by atoms with Crippen molar-refractivity contribution in [1.29, 1.82) is 0 Å². The van der Waals surface area contributed by atoms with E-state index in [4.69, 9.17) is 4.74 Å². The molecular formula is C40H49N7O7.